The van der Waals surface area contributed by atoms with Gasteiger partial charge in [0.15, 0.2) is 5.78 Å². The largest absolute Gasteiger partial charge is 0.497 e. The molecule has 0 N–H and O–H groups in total. The number of carbonyl (C=O) groups excluding carboxylic acids is 2. The van der Waals surface area contributed by atoms with E-state index in [2.05, 4.69) is 13.8 Å². The van der Waals surface area contributed by atoms with Crippen LogP contribution in [0, 0.1) is 11.3 Å². The van der Waals surface area contributed by atoms with Gasteiger partial charge in [-0.1, -0.05) is 13.8 Å². The molecule has 1 aliphatic heterocycles. The zero-order valence-corrected chi connectivity index (χ0v) is 19.1. The minimum atomic E-state index is -0.734. The van der Waals surface area contributed by atoms with Crippen LogP contribution in [0.4, 0.5) is 0 Å². The Balaban J connectivity index is 2.17. The molecule has 0 saturated carbocycles. The first-order valence-electron chi connectivity index (χ1n) is 10.4. The van der Waals surface area contributed by atoms with Crippen molar-refractivity contribution in [2.45, 2.75) is 39.5 Å². The molecule has 0 spiro atoms. The normalized spacial score (nSPS) is 22.5. The van der Waals surface area contributed by atoms with Crippen LogP contribution in [0.2, 0.25) is 0 Å². The Labute approximate surface area is 183 Å². The van der Waals surface area contributed by atoms with Crippen molar-refractivity contribution in [2.75, 3.05) is 34.5 Å². The summed E-state index contributed by atoms with van der Waals surface area (Å²) in [6.45, 7) is 6.37. The Morgan fingerprint density at radius 2 is 1.87 bits per heavy atom. The predicted molar refractivity (Wildman–Crippen MR) is 117 cm³/mol. The Kier molecular flexibility index (Phi) is 6.84. The highest BCUT2D eigenvalue weighted by atomic mass is 16.6. The molecular weight excluding hydrogens is 398 g/mol. The van der Waals surface area contributed by atoms with E-state index in [-0.39, 0.29) is 17.8 Å². The maximum atomic E-state index is 13.3. The molecule has 7 nitrogen and oxygen atoms in total. The first-order chi connectivity index (χ1) is 14.7. The van der Waals surface area contributed by atoms with Crippen molar-refractivity contribution in [3.05, 3.63) is 35.0 Å². The minimum Gasteiger partial charge on any atom is -0.497 e. The van der Waals surface area contributed by atoms with Crippen LogP contribution in [0.1, 0.15) is 45.1 Å². The van der Waals surface area contributed by atoms with E-state index in [9.17, 15) is 9.59 Å². The molecule has 1 heterocycles. The molecular formula is C24H31NO6. The first-order valence-corrected chi connectivity index (χ1v) is 10.4. The number of hydrogen-bond donors (Lipinski definition) is 0. The van der Waals surface area contributed by atoms with Crippen LogP contribution in [0.25, 0.3) is 0 Å². The molecule has 2 atom stereocenters. The van der Waals surface area contributed by atoms with Crippen molar-refractivity contribution < 1.29 is 28.5 Å². The molecule has 1 aromatic carbocycles. The highest BCUT2D eigenvalue weighted by Gasteiger charge is 2.47. The number of Topliss-reactive ketones (excluding diaryl/α,β-unsaturated/α-hetero) is 1. The first kappa shape index (κ1) is 23.0. The van der Waals surface area contributed by atoms with E-state index < -0.39 is 17.8 Å². The molecule has 3 rings (SSSR count). The summed E-state index contributed by atoms with van der Waals surface area (Å²) in [5.41, 5.74) is 2.47. The molecule has 2 aliphatic rings. The van der Waals surface area contributed by atoms with Crippen LogP contribution in [0.5, 0.6) is 11.5 Å². The molecule has 1 aromatic rings. The maximum Gasteiger partial charge on any atom is 0.315 e. The maximum absolute atomic E-state index is 13.3. The number of hydrogen-bond acceptors (Lipinski definition) is 7. The van der Waals surface area contributed by atoms with Crippen LogP contribution >= 0.6 is 0 Å². The SMILES string of the molecule is COCCOC(=O)C1C(C)=NC2=C(C(=O)CC(C)(C)C2)[C@H]1c1cc(OC)ccc1OC. The molecule has 0 saturated heterocycles. The average Bonchev–Trinajstić information content (AvgIpc) is 2.71. The predicted octanol–water partition coefficient (Wildman–Crippen LogP) is 3.71. The van der Waals surface area contributed by atoms with Gasteiger partial charge in [0.2, 0.25) is 0 Å². The third-order valence-electron chi connectivity index (χ3n) is 5.86. The van der Waals surface area contributed by atoms with Gasteiger partial charge in [0.05, 0.1) is 20.8 Å². The number of ether oxygens (including phenoxy) is 4. The highest BCUT2D eigenvalue weighted by molar-refractivity contribution is 6.09. The third kappa shape index (κ3) is 4.66. The molecule has 31 heavy (non-hydrogen) atoms. The second-order valence-corrected chi connectivity index (χ2v) is 8.78. The van der Waals surface area contributed by atoms with Crippen molar-refractivity contribution in [3.8, 4) is 11.5 Å². The van der Waals surface area contributed by atoms with Crippen LogP contribution in [-0.2, 0) is 19.1 Å². The van der Waals surface area contributed by atoms with Crippen molar-refractivity contribution in [2.24, 2.45) is 16.3 Å². The molecule has 0 fully saturated rings. The molecule has 0 bridgehead atoms. The number of carbonyl (C=O) groups is 2. The van der Waals surface area contributed by atoms with Gasteiger partial charge in [-0.3, -0.25) is 14.6 Å². The second kappa shape index (κ2) is 9.22. The van der Waals surface area contributed by atoms with Crippen LogP contribution in [-0.4, -0.2) is 52.0 Å². The zero-order valence-electron chi connectivity index (χ0n) is 19.1. The van der Waals surface area contributed by atoms with E-state index in [4.69, 9.17) is 23.9 Å². The van der Waals surface area contributed by atoms with Gasteiger partial charge in [0.1, 0.15) is 24.0 Å². The van der Waals surface area contributed by atoms with Gasteiger partial charge in [-0.2, -0.15) is 0 Å². The van der Waals surface area contributed by atoms with Gasteiger partial charge in [-0.15, -0.1) is 0 Å². The van der Waals surface area contributed by atoms with E-state index in [0.29, 0.717) is 47.8 Å². The number of rotatable bonds is 7. The number of ketones is 1. The standard InChI is InChI=1S/C24H31NO6/c1-14-20(23(27)31-10-9-28-4)21(16-11-15(29-5)7-8-19(16)30-6)22-17(25-14)12-24(2,3)13-18(22)26/h7-8,11,20-21H,9-10,12-13H2,1-6H3/t20?,21-/m0/s1. The van der Waals surface area contributed by atoms with E-state index in [1.165, 1.54) is 0 Å². The lowest BCUT2D eigenvalue weighted by atomic mass is 9.66. The average molecular weight is 430 g/mol. The number of aliphatic imine (C=N–C) groups is 1. The third-order valence-corrected chi connectivity index (χ3v) is 5.86. The fraction of sp³-hybridized carbons (Fsp3) is 0.542. The van der Waals surface area contributed by atoms with Gasteiger partial charge >= 0.3 is 5.97 Å². The van der Waals surface area contributed by atoms with Gasteiger partial charge in [-0.25, -0.2) is 0 Å². The summed E-state index contributed by atoms with van der Waals surface area (Å²) < 4.78 is 21.5. The van der Waals surface area contributed by atoms with Crippen LogP contribution < -0.4 is 9.47 Å². The van der Waals surface area contributed by atoms with Gasteiger partial charge in [-0.05, 0) is 37.0 Å². The van der Waals surface area contributed by atoms with Gasteiger partial charge in [0.25, 0.3) is 0 Å². The quantitative estimate of drug-likeness (QED) is 0.485. The van der Waals surface area contributed by atoms with Crippen molar-refractivity contribution in [1.82, 2.24) is 0 Å². The highest BCUT2D eigenvalue weighted by Crippen LogP contribution is 2.50. The van der Waals surface area contributed by atoms with Crippen LogP contribution in [0.15, 0.2) is 34.5 Å². The summed E-state index contributed by atoms with van der Waals surface area (Å²) in [4.78, 5) is 31.2. The number of methoxy groups -OCH3 is 3. The smallest absolute Gasteiger partial charge is 0.315 e. The Hall–Kier alpha value is -2.67. The summed E-state index contributed by atoms with van der Waals surface area (Å²) >= 11 is 0. The van der Waals surface area contributed by atoms with E-state index in [0.717, 1.165) is 5.70 Å². The van der Waals surface area contributed by atoms with E-state index in [1.54, 1.807) is 33.5 Å². The summed E-state index contributed by atoms with van der Waals surface area (Å²) in [7, 11) is 4.70. The van der Waals surface area contributed by atoms with Crippen molar-refractivity contribution in [1.29, 1.82) is 0 Å². The lowest BCUT2D eigenvalue weighted by Gasteiger charge is -2.39. The molecule has 0 radical (unpaired) electrons. The van der Waals surface area contributed by atoms with Gasteiger partial charge < -0.3 is 18.9 Å². The number of nitrogens with zero attached hydrogens (tertiary/aromatic N) is 1. The topological polar surface area (TPSA) is 83.4 Å². The van der Waals surface area contributed by atoms with E-state index >= 15 is 0 Å². The summed E-state index contributed by atoms with van der Waals surface area (Å²) in [6.07, 6.45) is 1.06. The lowest BCUT2D eigenvalue weighted by molar-refractivity contribution is -0.147. The molecule has 1 aliphatic carbocycles. The Bertz CT molecular complexity index is 930. The summed E-state index contributed by atoms with van der Waals surface area (Å²) in [5, 5.41) is 0. The zero-order chi connectivity index (χ0) is 22.8. The fourth-order valence-corrected chi connectivity index (χ4v) is 4.48. The number of benzene rings is 1. The van der Waals surface area contributed by atoms with Crippen molar-refractivity contribution >= 4 is 17.5 Å². The molecule has 168 valence electrons. The molecule has 1 unspecified atom stereocenters. The monoisotopic (exact) mass is 429 g/mol. The molecule has 0 amide bonds. The Morgan fingerprint density at radius 1 is 1.13 bits per heavy atom. The molecule has 7 heteroatoms. The van der Waals surface area contributed by atoms with E-state index in [1.807, 2.05) is 13.0 Å². The fourth-order valence-electron chi connectivity index (χ4n) is 4.48. The lowest BCUT2D eigenvalue weighted by Crippen LogP contribution is -2.40. The summed E-state index contributed by atoms with van der Waals surface area (Å²) in [6, 6.07) is 5.41. The van der Waals surface area contributed by atoms with Gasteiger partial charge in [0, 0.05) is 42.0 Å². The molecule has 0 aromatic heterocycles. The minimum absolute atomic E-state index is 0.00654. The Morgan fingerprint density at radius 3 is 2.52 bits per heavy atom. The second-order valence-electron chi connectivity index (χ2n) is 8.78. The number of allylic oxidation sites excluding steroid dienone is 2. The number of esters is 1. The van der Waals surface area contributed by atoms with Crippen molar-refractivity contribution in [3.63, 3.8) is 0 Å². The summed E-state index contributed by atoms with van der Waals surface area (Å²) in [5.74, 6) is -0.518. The van der Waals surface area contributed by atoms with Crippen LogP contribution in [0.3, 0.4) is 0 Å².